The normalized spacial score (nSPS) is 11.4. The Morgan fingerprint density at radius 1 is 1.00 bits per heavy atom. The zero-order valence-electron chi connectivity index (χ0n) is 14.1. The largest absolute Gasteiger partial charge is 0.508 e. The van der Waals surface area contributed by atoms with Gasteiger partial charge in [0, 0.05) is 11.1 Å². The lowest BCUT2D eigenvalue weighted by Gasteiger charge is -2.23. The lowest BCUT2D eigenvalue weighted by Crippen LogP contribution is -2.30. The molecule has 0 atom stereocenters. The number of alkyl halides is 3. The molecule has 0 fully saturated rings. The van der Waals surface area contributed by atoms with E-state index >= 15 is 0 Å². The monoisotopic (exact) mass is 375 g/mol. The minimum absolute atomic E-state index is 0.00112. The summed E-state index contributed by atoms with van der Waals surface area (Å²) in [6.07, 6.45) is -3.10. The maximum absolute atomic E-state index is 13.0. The number of phenolic OH excluding ortho intramolecular Hbond substituents is 1. The second kappa shape index (κ2) is 7.57. The molecule has 0 radical (unpaired) electrons. The highest BCUT2D eigenvalue weighted by molar-refractivity contribution is 5.94. The van der Waals surface area contributed by atoms with E-state index in [0.717, 1.165) is 12.1 Å². The van der Waals surface area contributed by atoms with Crippen molar-refractivity contribution in [2.24, 2.45) is 0 Å². The quantitative estimate of drug-likeness (QED) is 0.694. The molecule has 0 saturated carbocycles. The Balaban J connectivity index is 1.92. The predicted molar refractivity (Wildman–Crippen MR) is 91.8 cm³/mol. The van der Waals surface area contributed by atoms with E-state index in [1.807, 2.05) is 0 Å². The van der Waals surface area contributed by atoms with E-state index in [0.29, 0.717) is 11.3 Å². The van der Waals surface area contributed by atoms with Gasteiger partial charge in [0.1, 0.15) is 11.5 Å². The number of furan rings is 1. The number of carbonyl (C=O) groups is 1. The van der Waals surface area contributed by atoms with Gasteiger partial charge in [0.05, 0.1) is 24.9 Å². The number of rotatable bonds is 5. The van der Waals surface area contributed by atoms with Crippen LogP contribution in [-0.4, -0.2) is 15.9 Å². The summed E-state index contributed by atoms with van der Waals surface area (Å²) in [6.45, 7) is 0.0683. The van der Waals surface area contributed by atoms with Crippen LogP contribution < -0.4 is 0 Å². The Bertz CT molecular complexity index is 920. The average molecular weight is 375 g/mol. The van der Waals surface area contributed by atoms with Gasteiger partial charge in [0.2, 0.25) is 0 Å². The number of hydrogen-bond acceptors (Lipinski definition) is 3. The number of nitrogens with zero attached hydrogens (tertiary/aromatic N) is 1. The van der Waals surface area contributed by atoms with Gasteiger partial charge in [-0.3, -0.25) is 4.79 Å². The molecule has 2 aromatic carbocycles. The van der Waals surface area contributed by atoms with Crippen molar-refractivity contribution in [2.45, 2.75) is 19.3 Å². The van der Waals surface area contributed by atoms with Gasteiger partial charge in [-0.2, -0.15) is 13.2 Å². The summed E-state index contributed by atoms with van der Waals surface area (Å²) >= 11 is 0. The molecular formula is C20H16F3NO3. The Morgan fingerprint density at radius 2 is 1.78 bits per heavy atom. The number of phenols is 1. The summed E-state index contributed by atoms with van der Waals surface area (Å²) in [6, 6.07) is 14.1. The maximum Gasteiger partial charge on any atom is 0.416 e. The standard InChI is InChI=1S/C20H16F3NO3/c21-20(22,23)16-7-3-6-14(11-16)19(26)24(13-17-8-4-10-27-17)12-15-5-1-2-9-18(15)25/h1-11,25H,12-13H2. The first-order valence-corrected chi connectivity index (χ1v) is 8.10. The first-order valence-electron chi connectivity index (χ1n) is 8.10. The molecule has 1 aromatic heterocycles. The molecule has 1 heterocycles. The van der Waals surface area contributed by atoms with E-state index in [1.54, 1.807) is 30.3 Å². The summed E-state index contributed by atoms with van der Waals surface area (Å²) < 4.78 is 44.2. The van der Waals surface area contributed by atoms with Crippen LogP contribution in [-0.2, 0) is 19.3 Å². The molecule has 140 valence electrons. The van der Waals surface area contributed by atoms with Crippen LogP contribution in [0, 0.1) is 0 Å². The van der Waals surface area contributed by atoms with Crippen LogP contribution >= 0.6 is 0 Å². The van der Waals surface area contributed by atoms with Gasteiger partial charge in [0.25, 0.3) is 5.91 Å². The summed E-state index contributed by atoms with van der Waals surface area (Å²) in [7, 11) is 0. The topological polar surface area (TPSA) is 53.7 Å². The molecule has 0 bridgehead atoms. The third-order valence-corrected chi connectivity index (χ3v) is 4.00. The summed E-state index contributed by atoms with van der Waals surface area (Å²) in [5.74, 6) is -0.120. The highest BCUT2D eigenvalue weighted by Crippen LogP contribution is 2.30. The average Bonchev–Trinajstić information content (AvgIpc) is 3.15. The number of benzene rings is 2. The van der Waals surface area contributed by atoms with Crippen LogP contribution in [0.2, 0.25) is 0 Å². The lowest BCUT2D eigenvalue weighted by molar-refractivity contribution is -0.137. The van der Waals surface area contributed by atoms with Crippen LogP contribution in [0.1, 0.15) is 27.2 Å². The van der Waals surface area contributed by atoms with Gasteiger partial charge < -0.3 is 14.4 Å². The van der Waals surface area contributed by atoms with Crippen molar-refractivity contribution < 1.29 is 27.5 Å². The Morgan fingerprint density at radius 3 is 2.44 bits per heavy atom. The van der Waals surface area contributed by atoms with Crippen LogP contribution in [0.15, 0.2) is 71.3 Å². The Labute approximate surface area is 153 Å². The SMILES string of the molecule is O=C(c1cccc(C(F)(F)F)c1)N(Cc1ccco1)Cc1ccccc1O. The number of hydrogen-bond donors (Lipinski definition) is 1. The van der Waals surface area contributed by atoms with Gasteiger partial charge in [0.15, 0.2) is 0 Å². The van der Waals surface area contributed by atoms with E-state index in [4.69, 9.17) is 4.42 Å². The molecular weight excluding hydrogens is 359 g/mol. The molecule has 0 aliphatic carbocycles. The lowest BCUT2D eigenvalue weighted by atomic mass is 10.1. The molecule has 0 unspecified atom stereocenters. The summed E-state index contributed by atoms with van der Waals surface area (Å²) in [5.41, 5.74) is -0.509. The second-order valence-corrected chi connectivity index (χ2v) is 5.95. The minimum atomic E-state index is -4.54. The third kappa shape index (κ3) is 4.49. The van der Waals surface area contributed by atoms with Crippen LogP contribution in [0.3, 0.4) is 0 Å². The zero-order chi connectivity index (χ0) is 19.4. The molecule has 27 heavy (non-hydrogen) atoms. The van der Waals surface area contributed by atoms with Crippen molar-refractivity contribution in [3.63, 3.8) is 0 Å². The van der Waals surface area contributed by atoms with E-state index in [9.17, 15) is 23.1 Å². The molecule has 7 heteroatoms. The molecule has 0 saturated heterocycles. The maximum atomic E-state index is 13.0. The van der Waals surface area contributed by atoms with E-state index in [1.165, 1.54) is 29.4 Å². The van der Waals surface area contributed by atoms with Gasteiger partial charge in [-0.05, 0) is 36.4 Å². The summed E-state index contributed by atoms with van der Waals surface area (Å²) in [4.78, 5) is 14.2. The van der Waals surface area contributed by atoms with Crippen molar-refractivity contribution in [3.8, 4) is 5.75 Å². The molecule has 0 aliphatic rings. The smallest absolute Gasteiger partial charge is 0.416 e. The molecule has 4 nitrogen and oxygen atoms in total. The van der Waals surface area contributed by atoms with Crippen LogP contribution in [0.5, 0.6) is 5.75 Å². The number of halogens is 3. The van der Waals surface area contributed by atoms with Gasteiger partial charge in [-0.15, -0.1) is 0 Å². The fraction of sp³-hybridized carbons (Fsp3) is 0.150. The van der Waals surface area contributed by atoms with Crippen LogP contribution in [0.25, 0.3) is 0 Å². The molecule has 0 aliphatic heterocycles. The number of carbonyl (C=O) groups excluding carboxylic acids is 1. The van der Waals surface area contributed by atoms with Gasteiger partial charge in [-0.25, -0.2) is 0 Å². The van der Waals surface area contributed by atoms with Gasteiger partial charge in [-0.1, -0.05) is 24.3 Å². The first-order chi connectivity index (χ1) is 12.8. The van der Waals surface area contributed by atoms with E-state index in [2.05, 4.69) is 0 Å². The Kier molecular flexibility index (Phi) is 5.21. The molecule has 1 N–H and O–H groups in total. The third-order valence-electron chi connectivity index (χ3n) is 4.00. The fourth-order valence-electron chi connectivity index (χ4n) is 2.65. The van der Waals surface area contributed by atoms with E-state index < -0.39 is 17.6 Å². The van der Waals surface area contributed by atoms with E-state index in [-0.39, 0.29) is 24.4 Å². The number of aromatic hydroxyl groups is 1. The molecule has 0 spiro atoms. The minimum Gasteiger partial charge on any atom is -0.508 e. The zero-order valence-corrected chi connectivity index (χ0v) is 14.1. The number of para-hydroxylation sites is 1. The summed E-state index contributed by atoms with van der Waals surface area (Å²) in [5, 5.41) is 9.98. The van der Waals surface area contributed by atoms with Crippen molar-refractivity contribution in [1.82, 2.24) is 4.90 Å². The first kappa shape index (κ1) is 18.6. The molecule has 3 rings (SSSR count). The van der Waals surface area contributed by atoms with Crippen molar-refractivity contribution in [3.05, 3.63) is 89.4 Å². The predicted octanol–water partition coefficient (Wildman–Crippen LogP) is 4.85. The van der Waals surface area contributed by atoms with Gasteiger partial charge >= 0.3 is 6.18 Å². The fourth-order valence-corrected chi connectivity index (χ4v) is 2.65. The molecule has 1 amide bonds. The van der Waals surface area contributed by atoms with Crippen molar-refractivity contribution in [1.29, 1.82) is 0 Å². The highest BCUT2D eigenvalue weighted by atomic mass is 19.4. The van der Waals surface area contributed by atoms with Crippen LogP contribution in [0.4, 0.5) is 13.2 Å². The highest BCUT2D eigenvalue weighted by Gasteiger charge is 2.31. The Hall–Kier alpha value is -3.22. The number of amides is 1. The van der Waals surface area contributed by atoms with Crippen molar-refractivity contribution >= 4 is 5.91 Å². The van der Waals surface area contributed by atoms with Crippen molar-refractivity contribution in [2.75, 3.05) is 0 Å². The molecule has 3 aromatic rings. The second-order valence-electron chi connectivity index (χ2n) is 5.95.